The van der Waals surface area contributed by atoms with E-state index in [-0.39, 0.29) is 17.6 Å². The van der Waals surface area contributed by atoms with Crippen molar-refractivity contribution in [3.8, 4) is 16.8 Å². The number of rotatable bonds is 4. The Labute approximate surface area is 189 Å². The molecule has 2 amide bonds. The Bertz CT molecular complexity index is 1400. The minimum Gasteiger partial charge on any atom is -0.338 e. The zero-order valence-electron chi connectivity index (χ0n) is 18.1. The number of fused-ring (bicyclic) bond motifs is 1. The van der Waals surface area contributed by atoms with E-state index in [0.29, 0.717) is 37.4 Å². The lowest BCUT2D eigenvalue weighted by atomic mass is 10.0. The molecule has 1 atom stereocenters. The van der Waals surface area contributed by atoms with Crippen molar-refractivity contribution >= 4 is 16.9 Å². The molecule has 0 spiro atoms. The molecule has 2 aromatic carbocycles. The number of urea groups is 1. The standard InChI is InChI=1S/C24H23FN6O2/c1-2-26-23(32)30-11-9-18(14-30)22-28-29-24(33)31(22)21-8-7-16(12-19(21)25)17-6-5-15-4-3-10-27-20(15)13-17/h3-8,10,12-13,18H,2,9,11,14H2,1H3,(H,26,32)(H,29,33). The maximum absolute atomic E-state index is 15.3. The molecule has 33 heavy (non-hydrogen) atoms. The van der Waals surface area contributed by atoms with Crippen molar-refractivity contribution in [2.24, 2.45) is 0 Å². The van der Waals surface area contributed by atoms with Gasteiger partial charge in [-0.25, -0.2) is 23.6 Å². The molecule has 0 radical (unpaired) electrons. The molecule has 1 fully saturated rings. The van der Waals surface area contributed by atoms with E-state index in [4.69, 9.17) is 0 Å². The summed E-state index contributed by atoms with van der Waals surface area (Å²) in [6.45, 7) is 3.37. The average molecular weight is 446 g/mol. The molecule has 5 rings (SSSR count). The molecule has 2 aromatic heterocycles. The summed E-state index contributed by atoms with van der Waals surface area (Å²) in [5, 5.41) is 10.4. The third kappa shape index (κ3) is 3.86. The second kappa shape index (κ2) is 8.50. The summed E-state index contributed by atoms with van der Waals surface area (Å²) < 4.78 is 16.5. The SMILES string of the molecule is CCNC(=O)N1CCC(c2n[nH]c(=O)n2-c2ccc(-c3ccc4cccnc4c3)cc2F)C1. The number of carbonyl (C=O) groups excluding carboxylic acids is 1. The highest BCUT2D eigenvalue weighted by Crippen LogP contribution is 2.29. The molecule has 3 heterocycles. The van der Waals surface area contributed by atoms with Crippen LogP contribution in [0.3, 0.4) is 0 Å². The number of aromatic amines is 1. The van der Waals surface area contributed by atoms with Gasteiger partial charge in [-0.15, -0.1) is 0 Å². The van der Waals surface area contributed by atoms with Crippen LogP contribution in [0.15, 0.2) is 59.5 Å². The molecule has 0 bridgehead atoms. The van der Waals surface area contributed by atoms with Crippen LogP contribution in [-0.4, -0.2) is 50.3 Å². The summed E-state index contributed by atoms with van der Waals surface area (Å²) in [4.78, 5) is 30.7. The molecule has 1 aliphatic rings. The van der Waals surface area contributed by atoms with Gasteiger partial charge in [0.1, 0.15) is 11.6 Å². The van der Waals surface area contributed by atoms with Crippen molar-refractivity contribution in [1.82, 2.24) is 30.0 Å². The number of nitrogens with zero attached hydrogens (tertiary/aromatic N) is 4. The highest BCUT2D eigenvalue weighted by Gasteiger charge is 2.31. The number of hydrogen-bond acceptors (Lipinski definition) is 4. The number of H-pyrrole nitrogens is 1. The average Bonchev–Trinajstić information content (AvgIpc) is 3.46. The quantitative estimate of drug-likeness (QED) is 0.502. The second-order valence-corrected chi connectivity index (χ2v) is 8.07. The Morgan fingerprint density at radius 2 is 2.03 bits per heavy atom. The van der Waals surface area contributed by atoms with Gasteiger partial charge in [0.15, 0.2) is 0 Å². The van der Waals surface area contributed by atoms with Crippen LogP contribution in [0.1, 0.15) is 25.1 Å². The third-order valence-electron chi connectivity index (χ3n) is 5.99. The molecular weight excluding hydrogens is 423 g/mol. The van der Waals surface area contributed by atoms with Crippen molar-refractivity contribution in [3.63, 3.8) is 0 Å². The number of pyridine rings is 1. The molecule has 0 saturated carbocycles. The molecule has 1 unspecified atom stereocenters. The minimum absolute atomic E-state index is 0.128. The predicted molar refractivity (Wildman–Crippen MR) is 123 cm³/mol. The van der Waals surface area contributed by atoms with E-state index in [1.54, 1.807) is 23.2 Å². The predicted octanol–water partition coefficient (Wildman–Crippen LogP) is 3.43. The summed E-state index contributed by atoms with van der Waals surface area (Å²) >= 11 is 0. The minimum atomic E-state index is -0.531. The number of carbonyl (C=O) groups is 1. The number of halogens is 1. The molecule has 0 aliphatic carbocycles. The van der Waals surface area contributed by atoms with Gasteiger partial charge in [-0.1, -0.05) is 24.3 Å². The van der Waals surface area contributed by atoms with Gasteiger partial charge in [0.2, 0.25) is 0 Å². The Hall–Kier alpha value is -4.01. The first-order valence-corrected chi connectivity index (χ1v) is 10.9. The van der Waals surface area contributed by atoms with Gasteiger partial charge in [0.05, 0.1) is 11.2 Å². The summed E-state index contributed by atoms with van der Waals surface area (Å²) in [5.41, 5.74) is 1.96. The van der Waals surface area contributed by atoms with E-state index < -0.39 is 11.5 Å². The molecular formula is C24H23FN6O2. The van der Waals surface area contributed by atoms with E-state index in [2.05, 4.69) is 20.5 Å². The van der Waals surface area contributed by atoms with Crippen LogP contribution in [0.2, 0.25) is 0 Å². The van der Waals surface area contributed by atoms with Crippen molar-refractivity contribution < 1.29 is 9.18 Å². The molecule has 1 aliphatic heterocycles. The number of benzene rings is 2. The van der Waals surface area contributed by atoms with E-state index in [1.165, 1.54) is 10.6 Å². The number of nitrogens with one attached hydrogen (secondary N) is 2. The van der Waals surface area contributed by atoms with Crippen molar-refractivity contribution in [2.75, 3.05) is 19.6 Å². The zero-order valence-corrected chi connectivity index (χ0v) is 18.1. The number of hydrogen-bond donors (Lipinski definition) is 2. The fourth-order valence-corrected chi connectivity index (χ4v) is 4.35. The molecule has 4 aromatic rings. The Morgan fingerprint density at radius 1 is 1.21 bits per heavy atom. The van der Waals surface area contributed by atoms with Crippen LogP contribution in [-0.2, 0) is 0 Å². The Kier molecular flexibility index (Phi) is 5.37. The van der Waals surface area contributed by atoms with Gasteiger partial charge in [0, 0.05) is 37.1 Å². The molecule has 1 saturated heterocycles. The lowest BCUT2D eigenvalue weighted by molar-refractivity contribution is 0.208. The Morgan fingerprint density at radius 3 is 2.85 bits per heavy atom. The monoisotopic (exact) mass is 446 g/mol. The normalized spacial score (nSPS) is 15.8. The zero-order chi connectivity index (χ0) is 22.9. The first-order chi connectivity index (χ1) is 16.0. The van der Waals surface area contributed by atoms with Gasteiger partial charge in [-0.3, -0.25) is 4.98 Å². The second-order valence-electron chi connectivity index (χ2n) is 8.07. The number of amides is 2. The number of aromatic nitrogens is 4. The number of likely N-dealkylation sites (tertiary alicyclic amines) is 1. The van der Waals surface area contributed by atoms with Gasteiger partial charge < -0.3 is 10.2 Å². The van der Waals surface area contributed by atoms with Gasteiger partial charge in [0.25, 0.3) is 0 Å². The van der Waals surface area contributed by atoms with E-state index >= 15 is 4.39 Å². The maximum Gasteiger partial charge on any atom is 0.348 e. The highest BCUT2D eigenvalue weighted by molar-refractivity contribution is 5.84. The molecule has 8 nitrogen and oxygen atoms in total. The van der Waals surface area contributed by atoms with Crippen LogP contribution in [0, 0.1) is 5.82 Å². The highest BCUT2D eigenvalue weighted by atomic mass is 19.1. The van der Waals surface area contributed by atoms with Crippen LogP contribution >= 0.6 is 0 Å². The lowest BCUT2D eigenvalue weighted by Gasteiger charge is -2.17. The van der Waals surface area contributed by atoms with Gasteiger partial charge in [-0.2, -0.15) is 5.10 Å². The maximum atomic E-state index is 15.3. The van der Waals surface area contributed by atoms with Gasteiger partial charge >= 0.3 is 11.7 Å². The topological polar surface area (TPSA) is 95.9 Å². The first-order valence-electron chi connectivity index (χ1n) is 10.9. The fraction of sp³-hybridized carbons (Fsp3) is 0.250. The van der Waals surface area contributed by atoms with Crippen LogP contribution in [0.25, 0.3) is 27.7 Å². The smallest absolute Gasteiger partial charge is 0.338 e. The van der Waals surface area contributed by atoms with Crippen LogP contribution < -0.4 is 11.0 Å². The summed E-state index contributed by atoms with van der Waals surface area (Å²) in [5.74, 6) is -0.275. The Balaban J connectivity index is 1.46. The third-order valence-corrected chi connectivity index (χ3v) is 5.99. The first kappa shape index (κ1) is 20.9. The van der Waals surface area contributed by atoms with Crippen molar-refractivity contribution in [3.05, 3.63) is 76.9 Å². The van der Waals surface area contributed by atoms with Crippen LogP contribution in [0.5, 0.6) is 0 Å². The van der Waals surface area contributed by atoms with Crippen molar-refractivity contribution in [1.29, 1.82) is 0 Å². The lowest BCUT2D eigenvalue weighted by Crippen LogP contribution is -2.38. The molecule has 2 N–H and O–H groups in total. The van der Waals surface area contributed by atoms with Gasteiger partial charge in [-0.05, 0) is 48.7 Å². The van der Waals surface area contributed by atoms with Crippen LogP contribution in [0.4, 0.5) is 9.18 Å². The van der Waals surface area contributed by atoms with E-state index in [9.17, 15) is 9.59 Å². The van der Waals surface area contributed by atoms with E-state index in [0.717, 1.165) is 16.5 Å². The molecule has 168 valence electrons. The largest absolute Gasteiger partial charge is 0.348 e. The molecule has 9 heteroatoms. The summed E-state index contributed by atoms with van der Waals surface area (Å²) in [6, 6.07) is 14.3. The van der Waals surface area contributed by atoms with E-state index in [1.807, 2.05) is 37.3 Å². The summed E-state index contributed by atoms with van der Waals surface area (Å²) in [6.07, 6.45) is 2.36. The fourth-order valence-electron chi connectivity index (χ4n) is 4.35. The summed E-state index contributed by atoms with van der Waals surface area (Å²) in [7, 11) is 0. The van der Waals surface area contributed by atoms with Crippen molar-refractivity contribution in [2.45, 2.75) is 19.3 Å².